The van der Waals surface area contributed by atoms with Gasteiger partial charge >= 0.3 is 0 Å². The Labute approximate surface area is 57.5 Å². The fourth-order valence-electron chi connectivity index (χ4n) is 0.594. The van der Waals surface area contributed by atoms with Crippen molar-refractivity contribution in [3.05, 3.63) is 12.2 Å². The van der Waals surface area contributed by atoms with Crippen LogP contribution in [0.1, 0.15) is 27.2 Å². The predicted molar refractivity (Wildman–Crippen MR) is 43.1 cm³/mol. The van der Waals surface area contributed by atoms with Crippen LogP contribution in [0.3, 0.4) is 0 Å². The predicted octanol–water partition coefficient (Wildman–Crippen LogP) is 2.43. The minimum absolute atomic E-state index is 0.519. The molecule has 1 atom stereocenters. The van der Waals surface area contributed by atoms with E-state index in [9.17, 15) is 0 Å². The molecule has 0 aliphatic carbocycles. The smallest absolute Gasteiger partial charge is 0.0505 e. The third-order valence-electron chi connectivity index (χ3n) is 1.04. The van der Waals surface area contributed by atoms with Gasteiger partial charge in [0.05, 0.1) is 6.04 Å². The molecule has 0 saturated carbocycles. The molecule has 9 heavy (non-hydrogen) atoms. The molecule has 1 unspecified atom stereocenters. The van der Waals surface area contributed by atoms with Crippen LogP contribution in [-0.2, 0) is 0 Å². The van der Waals surface area contributed by atoms with Gasteiger partial charge in [-0.25, -0.2) is 0 Å². The fourth-order valence-corrected chi connectivity index (χ4v) is 0.594. The lowest BCUT2D eigenvalue weighted by Gasteiger charge is -2.02. The highest BCUT2D eigenvalue weighted by Crippen LogP contribution is 1.99. The lowest BCUT2D eigenvalue weighted by atomic mass is 10.2. The molecule has 0 saturated heterocycles. The zero-order valence-electron chi connectivity index (χ0n) is 6.46. The molecule has 0 N–H and O–H groups in total. The maximum atomic E-state index is 4.12. The Bertz CT molecular complexity index is 103. The molecule has 0 fully saturated rings. The maximum Gasteiger partial charge on any atom is 0.0505 e. The molecule has 0 aromatic rings. The molecular formula is C8H15N. The van der Waals surface area contributed by atoms with Crippen LogP contribution in [-0.4, -0.2) is 12.3 Å². The third-order valence-corrected chi connectivity index (χ3v) is 1.04. The monoisotopic (exact) mass is 125 g/mol. The van der Waals surface area contributed by atoms with Crippen LogP contribution in [0.5, 0.6) is 0 Å². The lowest BCUT2D eigenvalue weighted by molar-refractivity contribution is 0.757. The van der Waals surface area contributed by atoms with Crippen LogP contribution in [0.4, 0.5) is 0 Å². The second-order valence-corrected chi connectivity index (χ2v) is 1.81. The zero-order valence-corrected chi connectivity index (χ0v) is 6.46. The number of hydrogen-bond donors (Lipinski definition) is 0. The van der Waals surface area contributed by atoms with E-state index in [2.05, 4.69) is 18.0 Å². The van der Waals surface area contributed by atoms with Crippen LogP contribution in [0.2, 0.25) is 0 Å². The largest absolute Gasteiger partial charge is 0.290 e. The van der Waals surface area contributed by atoms with Crippen molar-refractivity contribution in [3.8, 4) is 0 Å². The molecule has 52 valence electrons. The van der Waals surface area contributed by atoms with Gasteiger partial charge < -0.3 is 0 Å². The second kappa shape index (κ2) is 5.54. The van der Waals surface area contributed by atoms with Gasteiger partial charge in [0.1, 0.15) is 0 Å². The van der Waals surface area contributed by atoms with Crippen LogP contribution in [0.15, 0.2) is 17.1 Å². The van der Waals surface area contributed by atoms with Gasteiger partial charge in [0, 0.05) is 6.21 Å². The Kier molecular flexibility index (Phi) is 5.18. The van der Waals surface area contributed by atoms with Crippen LogP contribution < -0.4 is 0 Å². The summed E-state index contributed by atoms with van der Waals surface area (Å²) in [6.45, 7) is 6.11. The number of rotatable bonds is 0. The van der Waals surface area contributed by atoms with Crippen molar-refractivity contribution in [3.63, 3.8) is 0 Å². The van der Waals surface area contributed by atoms with Gasteiger partial charge in [-0.3, -0.25) is 4.99 Å². The topological polar surface area (TPSA) is 12.4 Å². The third kappa shape index (κ3) is 3.95. The van der Waals surface area contributed by atoms with Crippen LogP contribution in [0, 0.1) is 0 Å². The summed E-state index contributed by atoms with van der Waals surface area (Å²) in [5.74, 6) is 0. The van der Waals surface area contributed by atoms with Gasteiger partial charge in [-0.2, -0.15) is 0 Å². The molecule has 1 heteroatoms. The number of aliphatic imine (C=N–C) groups is 1. The first kappa shape index (κ1) is 8.41. The first-order valence-corrected chi connectivity index (χ1v) is 3.58. The maximum absolute atomic E-state index is 4.12. The SMILES string of the molecule is CC.CC1CC=CC=N1. The van der Waals surface area contributed by atoms with Crippen LogP contribution in [0.25, 0.3) is 0 Å². The van der Waals surface area contributed by atoms with Crippen molar-refractivity contribution in [2.24, 2.45) is 4.99 Å². The quantitative estimate of drug-likeness (QED) is 0.471. The molecule has 0 aromatic carbocycles. The molecule has 1 heterocycles. The summed E-state index contributed by atoms with van der Waals surface area (Å²) in [4.78, 5) is 4.12. The van der Waals surface area contributed by atoms with Gasteiger partial charge in [0.25, 0.3) is 0 Å². The highest BCUT2D eigenvalue weighted by molar-refractivity contribution is 5.72. The Morgan fingerprint density at radius 3 is 2.33 bits per heavy atom. The molecule has 0 bridgehead atoms. The van der Waals surface area contributed by atoms with Crippen molar-refractivity contribution in [2.75, 3.05) is 0 Å². The number of dihydropyridines is 1. The van der Waals surface area contributed by atoms with Crippen molar-refractivity contribution in [2.45, 2.75) is 33.2 Å². The van der Waals surface area contributed by atoms with Gasteiger partial charge in [0.15, 0.2) is 0 Å². The van der Waals surface area contributed by atoms with Crippen molar-refractivity contribution >= 4 is 6.21 Å². The van der Waals surface area contributed by atoms with E-state index in [4.69, 9.17) is 0 Å². The summed E-state index contributed by atoms with van der Waals surface area (Å²) in [7, 11) is 0. The molecule has 0 radical (unpaired) electrons. The molecule has 1 aliphatic heterocycles. The van der Waals surface area contributed by atoms with Gasteiger partial charge in [-0.1, -0.05) is 19.9 Å². The highest BCUT2D eigenvalue weighted by Gasteiger charge is 1.94. The lowest BCUT2D eigenvalue weighted by Crippen LogP contribution is -1.97. The summed E-state index contributed by atoms with van der Waals surface area (Å²) >= 11 is 0. The van der Waals surface area contributed by atoms with Crippen molar-refractivity contribution in [1.82, 2.24) is 0 Å². The molecule has 0 aromatic heterocycles. The summed E-state index contributed by atoms with van der Waals surface area (Å²) in [5, 5.41) is 0. The molecule has 1 rings (SSSR count). The average Bonchev–Trinajstić information content (AvgIpc) is 1.94. The minimum atomic E-state index is 0.519. The van der Waals surface area contributed by atoms with E-state index in [1.54, 1.807) is 0 Å². The Morgan fingerprint density at radius 2 is 2.11 bits per heavy atom. The number of hydrogen-bond acceptors (Lipinski definition) is 1. The van der Waals surface area contributed by atoms with E-state index in [1.165, 1.54) is 0 Å². The Morgan fingerprint density at radius 1 is 1.44 bits per heavy atom. The molecule has 1 nitrogen and oxygen atoms in total. The normalized spacial score (nSPS) is 22.8. The molecule has 0 amide bonds. The Hall–Kier alpha value is -0.590. The number of nitrogens with zero attached hydrogens (tertiary/aromatic N) is 1. The summed E-state index contributed by atoms with van der Waals surface area (Å²) in [6, 6.07) is 0.519. The van der Waals surface area contributed by atoms with E-state index < -0.39 is 0 Å². The molecule has 1 aliphatic rings. The number of allylic oxidation sites excluding steroid dienone is 1. The summed E-state index contributed by atoms with van der Waals surface area (Å²) in [6.07, 6.45) is 7.09. The van der Waals surface area contributed by atoms with E-state index >= 15 is 0 Å². The van der Waals surface area contributed by atoms with Crippen LogP contribution >= 0.6 is 0 Å². The van der Waals surface area contributed by atoms with Gasteiger partial charge in [-0.05, 0) is 19.4 Å². The van der Waals surface area contributed by atoms with Crippen molar-refractivity contribution in [1.29, 1.82) is 0 Å². The van der Waals surface area contributed by atoms with Gasteiger partial charge in [0.2, 0.25) is 0 Å². The van der Waals surface area contributed by atoms with E-state index in [1.807, 2.05) is 26.1 Å². The summed E-state index contributed by atoms with van der Waals surface area (Å²) in [5.41, 5.74) is 0. The minimum Gasteiger partial charge on any atom is -0.290 e. The van der Waals surface area contributed by atoms with Crippen molar-refractivity contribution < 1.29 is 0 Å². The van der Waals surface area contributed by atoms with E-state index in [0.29, 0.717) is 6.04 Å². The Balaban J connectivity index is 0.000000291. The highest BCUT2D eigenvalue weighted by atomic mass is 14.7. The first-order chi connectivity index (χ1) is 4.39. The van der Waals surface area contributed by atoms with Gasteiger partial charge in [-0.15, -0.1) is 0 Å². The average molecular weight is 125 g/mol. The first-order valence-electron chi connectivity index (χ1n) is 3.58. The summed E-state index contributed by atoms with van der Waals surface area (Å²) < 4.78 is 0. The zero-order chi connectivity index (χ0) is 7.11. The molecule has 0 spiro atoms. The standard InChI is InChI=1S/C6H9N.C2H6/c1-6-4-2-3-5-7-6;1-2/h2-3,5-6H,4H2,1H3;1-2H3. The molecular weight excluding hydrogens is 110 g/mol. The van der Waals surface area contributed by atoms with E-state index in [0.717, 1.165) is 6.42 Å². The second-order valence-electron chi connectivity index (χ2n) is 1.81. The van der Waals surface area contributed by atoms with E-state index in [-0.39, 0.29) is 0 Å². The fraction of sp³-hybridized carbons (Fsp3) is 0.625.